The number of fused-ring (bicyclic) bond motifs is 2. The molecule has 0 fully saturated rings. The summed E-state index contributed by atoms with van der Waals surface area (Å²) in [6.07, 6.45) is -0.613. The van der Waals surface area contributed by atoms with Crippen LogP contribution in [-0.2, 0) is 9.59 Å². The molecular weight excluding hydrogens is 348 g/mol. The number of benzene rings is 2. The first-order valence-electron chi connectivity index (χ1n) is 8.79. The molecule has 7 nitrogen and oxygen atoms in total. The monoisotopic (exact) mass is 368 g/mol. The van der Waals surface area contributed by atoms with E-state index in [2.05, 4.69) is 5.32 Å². The Morgan fingerprint density at radius 1 is 1.15 bits per heavy atom. The average Bonchev–Trinajstić information content (AvgIpc) is 3.11. The number of hydrogen-bond donors (Lipinski definition) is 1. The van der Waals surface area contributed by atoms with Crippen LogP contribution in [0, 0.1) is 5.92 Å². The Morgan fingerprint density at radius 3 is 2.74 bits per heavy atom. The number of rotatable bonds is 4. The summed E-state index contributed by atoms with van der Waals surface area (Å²) in [5.74, 6) is 1.30. The molecule has 2 aromatic rings. The highest BCUT2D eigenvalue weighted by Crippen LogP contribution is 2.36. The van der Waals surface area contributed by atoms with E-state index in [1.54, 1.807) is 30.3 Å². The summed E-state index contributed by atoms with van der Waals surface area (Å²) in [5, 5.41) is 2.81. The number of amides is 2. The van der Waals surface area contributed by atoms with Crippen LogP contribution in [0.3, 0.4) is 0 Å². The second-order valence-electron chi connectivity index (χ2n) is 6.79. The summed E-state index contributed by atoms with van der Waals surface area (Å²) >= 11 is 0. The number of ether oxygens (including phenoxy) is 3. The van der Waals surface area contributed by atoms with E-state index in [9.17, 15) is 9.59 Å². The lowest BCUT2D eigenvalue weighted by Crippen LogP contribution is -2.50. The summed E-state index contributed by atoms with van der Waals surface area (Å²) in [7, 11) is 0. The summed E-state index contributed by atoms with van der Waals surface area (Å²) in [5.41, 5.74) is 1.18. The number of nitrogens with zero attached hydrogens (tertiary/aromatic N) is 1. The lowest BCUT2D eigenvalue weighted by molar-refractivity contribution is -0.129. The predicted molar refractivity (Wildman–Crippen MR) is 99.2 cm³/mol. The Balaban J connectivity index is 1.53. The van der Waals surface area contributed by atoms with E-state index < -0.39 is 6.10 Å². The van der Waals surface area contributed by atoms with Crippen molar-refractivity contribution in [2.24, 2.45) is 5.92 Å². The molecule has 0 bridgehead atoms. The van der Waals surface area contributed by atoms with Crippen molar-refractivity contribution in [3.63, 3.8) is 0 Å². The van der Waals surface area contributed by atoms with Crippen LogP contribution < -0.4 is 24.4 Å². The van der Waals surface area contributed by atoms with Gasteiger partial charge in [-0.25, -0.2) is 0 Å². The van der Waals surface area contributed by atoms with Gasteiger partial charge in [0, 0.05) is 11.8 Å². The SMILES string of the molecule is CC(C)[C@@H]1Oc2ccccc2N(CC(=O)Nc2ccc3c(c2)OCO3)C1=O. The quantitative estimate of drug-likeness (QED) is 0.898. The Hall–Kier alpha value is -3.22. The van der Waals surface area contributed by atoms with Gasteiger partial charge in [0.15, 0.2) is 17.6 Å². The standard InChI is InChI=1S/C20H20N2O5/c1-12(2)19-20(24)22(14-5-3-4-6-15(14)27-19)10-18(23)21-13-7-8-16-17(9-13)26-11-25-16/h3-9,12,19H,10-11H2,1-2H3,(H,21,23)/t19-/m0/s1. The molecule has 2 amide bonds. The van der Waals surface area contributed by atoms with Crippen molar-refractivity contribution in [3.8, 4) is 17.2 Å². The number of carbonyl (C=O) groups excluding carboxylic acids is 2. The maximum atomic E-state index is 12.9. The molecule has 0 spiro atoms. The van der Waals surface area contributed by atoms with E-state index in [0.717, 1.165) is 0 Å². The van der Waals surface area contributed by atoms with Gasteiger partial charge in [-0.3, -0.25) is 14.5 Å². The molecule has 1 atom stereocenters. The van der Waals surface area contributed by atoms with Gasteiger partial charge in [-0.15, -0.1) is 0 Å². The lowest BCUT2D eigenvalue weighted by atomic mass is 10.0. The number of carbonyl (C=O) groups is 2. The van der Waals surface area contributed by atoms with Crippen molar-refractivity contribution in [2.75, 3.05) is 23.6 Å². The topological polar surface area (TPSA) is 77.1 Å². The molecule has 4 rings (SSSR count). The van der Waals surface area contributed by atoms with Gasteiger partial charge in [0.05, 0.1) is 5.69 Å². The minimum atomic E-state index is -0.613. The molecule has 0 aliphatic carbocycles. The van der Waals surface area contributed by atoms with Gasteiger partial charge in [-0.05, 0) is 30.2 Å². The van der Waals surface area contributed by atoms with Gasteiger partial charge < -0.3 is 19.5 Å². The van der Waals surface area contributed by atoms with Crippen LogP contribution in [0.25, 0.3) is 0 Å². The zero-order valence-corrected chi connectivity index (χ0v) is 15.1. The molecule has 0 saturated heterocycles. The summed E-state index contributed by atoms with van der Waals surface area (Å²) in [6.45, 7) is 3.90. The summed E-state index contributed by atoms with van der Waals surface area (Å²) in [6, 6.07) is 12.4. The molecule has 27 heavy (non-hydrogen) atoms. The molecule has 0 radical (unpaired) electrons. The maximum absolute atomic E-state index is 12.9. The lowest BCUT2D eigenvalue weighted by Gasteiger charge is -2.35. The molecule has 140 valence electrons. The van der Waals surface area contributed by atoms with Crippen LogP contribution >= 0.6 is 0 Å². The van der Waals surface area contributed by atoms with Crippen LogP contribution in [-0.4, -0.2) is 31.3 Å². The summed E-state index contributed by atoms with van der Waals surface area (Å²) < 4.78 is 16.4. The van der Waals surface area contributed by atoms with Crippen molar-refractivity contribution in [3.05, 3.63) is 42.5 Å². The molecule has 0 aromatic heterocycles. The molecule has 0 saturated carbocycles. The zero-order valence-electron chi connectivity index (χ0n) is 15.1. The Bertz CT molecular complexity index is 896. The van der Waals surface area contributed by atoms with Crippen LogP contribution in [0.2, 0.25) is 0 Å². The third-order valence-corrected chi connectivity index (χ3v) is 4.48. The first-order valence-corrected chi connectivity index (χ1v) is 8.79. The number of hydrogen-bond acceptors (Lipinski definition) is 5. The van der Waals surface area contributed by atoms with Gasteiger partial charge in [-0.1, -0.05) is 26.0 Å². The largest absolute Gasteiger partial charge is 0.478 e. The zero-order chi connectivity index (χ0) is 19.0. The van der Waals surface area contributed by atoms with Gasteiger partial charge in [-0.2, -0.15) is 0 Å². The van der Waals surface area contributed by atoms with E-state index >= 15 is 0 Å². The summed E-state index contributed by atoms with van der Waals surface area (Å²) in [4.78, 5) is 26.9. The van der Waals surface area contributed by atoms with Crippen LogP contribution in [0.4, 0.5) is 11.4 Å². The minimum Gasteiger partial charge on any atom is -0.478 e. The van der Waals surface area contributed by atoms with Crippen molar-refractivity contribution >= 4 is 23.2 Å². The number of anilines is 2. The van der Waals surface area contributed by atoms with Crippen molar-refractivity contribution in [1.82, 2.24) is 0 Å². The van der Waals surface area contributed by atoms with Crippen LogP contribution in [0.1, 0.15) is 13.8 Å². The smallest absolute Gasteiger partial charge is 0.268 e. The minimum absolute atomic E-state index is 0.00900. The van der Waals surface area contributed by atoms with E-state index in [4.69, 9.17) is 14.2 Å². The molecule has 1 N–H and O–H groups in total. The first kappa shape index (κ1) is 17.2. The van der Waals surface area contributed by atoms with Crippen molar-refractivity contribution in [2.45, 2.75) is 20.0 Å². The molecule has 7 heteroatoms. The Labute approximate surface area is 156 Å². The maximum Gasteiger partial charge on any atom is 0.268 e. The third-order valence-electron chi connectivity index (χ3n) is 4.48. The second kappa shape index (κ2) is 6.83. The molecule has 2 aliphatic rings. The van der Waals surface area contributed by atoms with E-state index in [0.29, 0.717) is 28.6 Å². The highest BCUT2D eigenvalue weighted by Gasteiger charge is 2.37. The van der Waals surface area contributed by atoms with Gasteiger partial charge >= 0.3 is 0 Å². The first-order chi connectivity index (χ1) is 13.0. The fraction of sp³-hybridized carbons (Fsp3) is 0.300. The van der Waals surface area contributed by atoms with E-state index in [-0.39, 0.29) is 31.1 Å². The van der Waals surface area contributed by atoms with E-state index in [1.807, 2.05) is 26.0 Å². The molecule has 0 unspecified atom stereocenters. The van der Waals surface area contributed by atoms with Crippen LogP contribution in [0.15, 0.2) is 42.5 Å². The third kappa shape index (κ3) is 3.28. The van der Waals surface area contributed by atoms with E-state index in [1.165, 1.54) is 4.90 Å². The van der Waals surface area contributed by atoms with Gasteiger partial charge in [0.2, 0.25) is 12.7 Å². The number of nitrogens with one attached hydrogen (secondary N) is 1. The Kier molecular flexibility index (Phi) is 4.35. The van der Waals surface area contributed by atoms with Crippen molar-refractivity contribution in [1.29, 1.82) is 0 Å². The number of para-hydroxylation sites is 2. The fourth-order valence-electron chi connectivity index (χ4n) is 3.14. The molecule has 2 aliphatic heterocycles. The highest BCUT2D eigenvalue weighted by molar-refractivity contribution is 6.06. The van der Waals surface area contributed by atoms with Crippen molar-refractivity contribution < 1.29 is 23.8 Å². The molecular formula is C20H20N2O5. The average molecular weight is 368 g/mol. The molecule has 2 heterocycles. The van der Waals surface area contributed by atoms with Gasteiger partial charge in [0.25, 0.3) is 5.91 Å². The van der Waals surface area contributed by atoms with Crippen LogP contribution in [0.5, 0.6) is 17.2 Å². The fourth-order valence-corrected chi connectivity index (χ4v) is 3.14. The predicted octanol–water partition coefficient (Wildman–Crippen LogP) is 2.80. The van der Waals surface area contributed by atoms with Gasteiger partial charge in [0.1, 0.15) is 12.3 Å². The normalized spacial score (nSPS) is 17.5. The Morgan fingerprint density at radius 2 is 1.93 bits per heavy atom. The molecule has 2 aromatic carbocycles. The highest BCUT2D eigenvalue weighted by atomic mass is 16.7. The second-order valence-corrected chi connectivity index (χ2v) is 6.79.